The van der Waals surface area contributed by atoms with Gasteiger partial charge in [-0.2, -0.15) is 0 Å². The first kappa shape index (κ1) is 13.9. The summed E-state index contributed by atoms with van der Waals surface area (Å²) in [7, 11) is 0. The third-order valence-corrected chi connectivity index (χ3v) is 3.95. The van der Waals surface area contributed by atoms with Crippen molar-refractivity contribution in [1.29, 1.82) is 0 Å². The lowest BCUT2D eigenvalue weighted by Crippen LogP contribution is -2.17. The van der Waals surface area contributed by atoms with E-state index in [2.05, 4.69) is 39.5 Å². The molecule has 3 nitrogen and oxygen atoms in total. The fourth-order valence-electron chi connectivity index (χ4n) is 2.74. The number of hydrogen-bond donors (Lipinski definition) is 1. The van der Waals surface area contributed by atoms with E-state index in [1.165, 1.54) is 30.8 Å². The van der Waals surface area contributed by atoms with Gasteiger partial charge in [-0.15, -0.1) is 0 Å². The van der Waals surface area contributed by atoms with E-state index in [4.69, 9.17) is 0 Å². The highest BCUT2D eigenvalue weighted by atomic mass is 19.1. The van der Waals surface area contributed by atoms with Crippen LogP contribution in [0.4, 0.5) is 15.8 Å². The number of hydrogen-bond acceptors (Lipinski definition) is 3. The lowest BCUT2D eigenvalue weighted by Gasteiger charge is -2.19. The molecule has 1 atom stereocenters. The summed E-state index contributed by atoms with van der Waals surface area (Å²) in [6, 6.07) is 9.98. The van der Waals surface area contributed by atoms with Gasteiger partial charge >= 0.3 is 0 Å². The molecule has 1 aromatic heterocycles. The van der Waals surface area contributed by atoms with Crippen molar-refractivity contribution in [1.82, 2.24) is 4.98 Å². The average molecular weight is 285 g/mol. The summed E-state index contributed by atoms with van der Waals surface area (Å²) < 4.78 is 13.2. The highest BCUT2D eigenvalue weighted by molar-refractivity contribution is 5.56. The molecule has 1 saturated heterocycles. The average Bonchev–Trinajstić information content (AvgIpc) is 3.02. The van der Waals surface area contributed by atoms with Crippen LogP contribution in [-0.2, 0) is 0 Å². The third-order valence-electron chi connectivity index (χ3n) is 3.95. The molecule has 1 fully saturated rings. The fourth-order valence-corrected chi connectivity index (χ4v) is 2.74. The second-order valence-corrected chi connectivity index (χ2v) is 5.54. The highest BCUT2D eigenvalue weighted by Gasteiger charge is 2.12. The Morgan fingerprint density at radius 3 is 2.52 bits per heavy atom. The minimum atomic E-state index is -0.300. The van der Waals surface area contributed by atoms with Gasteiger partial charge in [-0.1, -0.05) is 0 Å². The van der Waals surface area contributed by atoms with Crippen LogP contribution in [0.2, 0.25) is 0 Å². The van der Waals surface area contributed by atoms with Crippen LogP contribution >= 0.6 is 0 Å². The number of anilines is 2. The Bertz CT molecular complexity index is 591. The van der Waals surface area contributed by atoms with Gasteiger partial charge in [0.05, 0.1) is 12.2 Å². The van der Waals surface area contributed by atoms with Crippen molar-refractivity contribution >= 4 is 11.4 Å². The molecule has 0 saturated carbocycles. The first-order valence-electron chi connectivity index (χ1n) is 7.44. The Balaban J connectivity index is 1.67. The van der Waals surface area contributed by atoms with Crippen molar-refractivity contribution in [3.05, 3.63) is 54.1 Å². The predicted molar refractivity (Wildman–Crippen MR) is 84.1 cm³/mol. The summed E-state index contributed by atoms with van der Waals surface area (Å²) in [4.78, 5) is 6.30. The van der Waals surface area contributed by atoms with E-state index in [-0.39, 0.29) is 11.9 Å². The number of aromatic nitrogens is 1. The molecule has 0 radical (unpaired) electrons. The standard InChI is InChI=1S/C17H20FN3/c1-13(14-10-15(18)12-19-11-14)20-16-4-6-17(7-5-16)21-8-2-3-9-21/h4-7,10-13,20H,2-3,8-9H2,1H3. The van der Waals surface area contributed by atoms with Gasteiger partial charge in [0.25, 0.3) is 0 Å². The van der Waals surface area contributed by atoms with Gasteiger partial charge in [0.15, 0.2) is 0 Å². The summed E-state index contributed by atoms with van der Waals surface area (Å²) in [5.74, 6) is -0.300. The zero-order valence-corrected chi connectivity index (χ0v) is 12.2. The Morgan fingerprint density at radius 1 is 1.14 bits per heavy atom. The Hall–Kier alpha value is -2.10. The maximum Gasteiger partial charge on any atom is 0.141 e. The SMILES string of the molecule is CC(Nc1ccc(N2CCCC2)cc1)c1cncc(F)c1. The number of nitrogens with one attached hydrogen (secondary N) is 1. The topological polar surface area (TPSA) is 28.2 Å². The quantitative estimate of drug-likeness (QED) is 0.920. The number of halogens is 1. The minimum absolute atomic E-state index is 0.0193. The molecule has 21 heavy (non-hydrogen) atoms. The molecule has 4 heteroatoms. The van der Waals surface area contributed by atoms with Crippen molar-refractivity contribution in [2.75, 3.05) is 23.3 Å². The van der Waals surface area contributed by atoms with Crippen LogP contribution in [-0.4, -0.2) is 18.1 Å². The number of nitrogens with zero attached hydrogens (tertiary/aromatic N) is 2. The molecule has 3 rings (SSSR count). The number of benzene rings is 1. The molecule has 0 bridgehead atoms. The smallest absolute Gasteiger partial charge is 0.141 e. The Morgan fingerprint density at radius 2 is 1.86 bits per heavy atom. The largest absolute Gasteiger partial charge is 0.378 e. The lowest BCUT2D eigenvalue weighted by atomic mass is 10.1. The molecule has 2 heterocycles. The Kier molecular flexibility index (Phi) is 4.04. The van der Waals surface area contributed by atoms with Gasteiger partial charge in [0, 0.05) is 30.7 Å². The molecule has 2 aromatic rings. The van der Waals surface area contributed by atoms with E-state index < -0.39 is 0 Å². The molecule has 1 aliphatic rings. The summed E-state index contributed by atoms with van der Waals surface area (Å²) >= 11 is 0. The maximum absolute atomic E-state index is 13.2. The molecular formula is C17H20FN3. The highest BCUT2D eigenvalue weighted by Crippen LogP contribution is 2.24. The van der Waals surface area contributed by atoms with Crippen LogP contribution in [0.3, 0.4) is 0 Å². The van der Waals surface area contributed by atoms with Crippen LogP contribution in [0, 0.1) is 5.82 Å². The van der Waals surface area contributed by atoms with Gasteiger partial charge in [0.1, 0.15) is 5.82 Å². The third kappa shape index (κ3) is 3.32. The van der Waals surface area contributed by atoms with E-state index >= 15 is 0 Å². The van der Waals surface area contributed by atoms with E-state index in [1.54, 1.807) is 6.20 Å². The second kappa shape index (κ2) is 6.12. The van der Waals surface area contributed by atoms with Gasteiger partial charge in [-0.25, -0.2) is 4.39 Å². The zero-order chi connectivity index (χ0) is 14.7. The van der Waals surface area contributed by atoms with Crippen molar-refractivity contribution < 1.29 is 4.39 Å². The molecule has 0 amide bonds. The van der Waals surface area contributed by atoms with Gasteiger partial charge in [-0.05, 0) is 55.7 Å². The molecule has 1 unspecified atom stereocenters. The number of rotatable bonds is 4. The van der Waals surface area contributed by atoms with Crippen molar-refractivity contribution in [2.24, 2.45) is 0 Å². The first-order valence-corrected chi connectivity index (χ1v) is 7.44. The lowest BCUT2D eigenvalue weighted by molar-refractivity contribution is 0.616. The van der Waals surface area contributed by atoms with Crippen molar-refractivity contribution in [2.45, 2.75) is 25.8 Å². The van der Waals surface area contributed by atoms with Crippen LogP contribution in [0.1, 0.15) is 31.4 Å². The van der Waals surface area contributed by atoms with E-state index in [0.717, 1.165) is 24.3 Å². The van der Waals surface area contributed by atoms with Gasteiger partial charge in [-0.3, -0.25) is 4.98 Å². The first-order chi connectivity index (χ1) is 10.2. The van der Waals surface area contributed by atoms with Crippen molar-refractivity contribution in [3.8, 4) is 0 Å². The monoisotopic (exact) mass is 285 g/mol. The molecule has 1 aromatic carbocycles. The molecule has 110 valence electrons. The van der Waals surface area contributed by atoms with Crippen LogP contribution in [0.15, 0.2) is 42.7 Å². The molecule has 1 N–H and O–H groups in total. The number of pyridine rings is 1. The molecule has 1 aliphatic heterocycles. The predicted octanol–water partition coefficient (Wildman–Crippen LogP) is 3.99. The van der Waals surface area contributed by atoms with Crippen molar-refractivity contribution in [3.63, 3.8) is 0 Å². The van der Waals surface area contributed by atoms with E-state index in [1.807, 2.05) is 6.92 Å². The van der Waals surface area contributed by atoms with E-state index in [0.29, 0.717) is 0 Å². The van der Waals surface area contributed by atoms with Crippen LogP contribution < -0.4 is 10.2 Å². The molecule has 0 aliphatic carbocycles. The molecule has 0 spiro atoms. The fraction of sp³-hybridized carbons (Fsp3) is 0.353. The molecular weight excluding hydrogens is 265 g/mol. The zero-order valence-electron chi connectivity index (χ0n) is 12.2. The Labute approximate surface area is 124 Å². The summed E-state index contributed by atoms with van der Waals surface area (Å²) in [6.07, 6.45) is 5.48. The summed E-state index contributed by atoms with van der Waals surface area (Å²) in [5.41, 5.74) is 3.16. The summed E-state index contributed by atoms with van der Waals surface area (Å²) in [5, 5.41) is 3.38. The van der Waals surface area contributed by atoms with Gasteiger partial charge in [0.2, 0.25) is 0 Å². The summed E-state index contributed by atoms with van der Waals surface area (Å²) in [6.45, 7) is 4.31. The van der Waals surface area contributed by atoms with E-state index in [9.17, 15) is 4.39 Å². The maximum atomic E-state index is 13.2. The normalized spacial score (nSPS) is 16.0. The van der Waals surface area contributed by atoms with Crippen LogP contribution in [0.5, 0.6) is 0 Å². The minimum Gasteiger partial charge on any atom is -0.378 e. The second-order valence-electron chi connectivity index (χ2n) is 5.54. The van der Waals surface area contributed by atoms with Gasteiger partial charge < -0.3 is 10.2 Å². The van der Waals surface area contributed by atoms with Crippen LogP contribution in [0.25, 0.3) is 0 Å².